The summed E-state index contributed by atoms with van der Waals surface area (Å²) in [6, 6.07) is 0. The van der Waals surface area contributed by atoms with Crippen molar-refractivity contribution in [2.45, 2.75) is 44.5 Å². The lowest BCUT2D eigenvalue weighted by molar-refractivity contribution is -0.213. The van der Waals surface area contributed by atoms with Gasteiger partial charge in [0.1, 0.15) is 17.8 Å². The van der Waals surface area contributed by atoms with Gasteiger partial charge in [-0.05, 0) is 13.8 Å². The van der Waals surface area contributed by atoms with Crippen LogP contribution in [0.4, 0.5) is 0 Å². The molecule has 0 radical (unpaired) electrons. The Labute approximate surface area is 121 Å². The first kappa shape index (κ1) is 11.2. The lowest BCUT2D eigenvalue weighted by atomic mass is 9.51. The third-order valence-electron chi connectivity index (χ3n) is 8.09. The van der Waals surface area contributed by atoms with Gasteiger partial charge in [0.25, 0.3) is 0 Å². The van der Waals surface area contributed by atoms with Crippen LogP contribution >= 0.6 is 0 Å². The van der Waals surface area contributed by atoms with Crippen LogP contribution in [0.15, 0.2) is 11.6 Å². The van der Waals surface area contributed by atoms with Gasteiger partial charge in [0.2, 0.25) is 0 Å². The maximum Gasteiger partial charge on any atom is 0.334 e. The van der Waals surface area contributed by atoms with Crippen LogP contribution in [0.3, 0.4) is 0 Å². The van der Waals surface area contributed by atoms with Crippen LogP contribution in [-0.4, -0.2) is 35.9 Å². The first-order valence-electron chi connectivity index (χ1n) is 7.60. The molecule has 110 valence electrons. The van der Waals surface area contributed by atoms with E-state index in [2.05, 4.69) is 19.9 Å². The van der Waals surface area contributed by atoms with E-state index in [0.29, 0.717) is 18.6 Å². The average molecular weight is 288 g/mol. The summed E-state index contributed by atoms with van der Waals surface area (Å²) in [4.78, 5) is 25.0. The summed E-state index contributed by atoms with van der Waals surface area (Å²) in [5.74, 6) is -0.548. The minimum Gasteiger partial charge on any atom is -0.464 e. The number of esters is 2. The Kier molecular flexibility index (Phi) is 1.26. The molecule has 7 rings (SSSR count). The van der Waals surface area contributed by atoms with Gasteiger partial charge >= 0.3 is 11.9 Å². The number of fused-ring (bicyclic) bond motifs is 3. The first-order chi connectivity index (χ1) is 9.79. The molecule has 5 fully saturated rings. The van der Waals surface area contributed by atoms with Crippen molar-refractivity contribution in [2.75, 3.05) is 6.61 Å². The monoisotopic (exact) mass is 288 g/mol. The van der Waals surface area contributed by atoms with Crippen molar-refractivity contribution >= 4 is 11.9 Å². The molecule has 0 aromatic carbocycles. The molecule has 5 nitrogen and oxygen atoms in total. The molecule has 0 N–H and O–H groups in total. The summed E-state index contributed by atoms with van der Waals surface area (Å²) in [5, 5.41) is 0. The average Bonchev–Trinajstić information content (AvgIpc) is 2.86. The number of ether oxygens (including phenoxy) is 3. The number of rotatable bonds is 0. The largest absolute Gasteiger partial charge is 0.464 e. The first-order valence-corrected chi connectivity index (χ1v) is 7.60. The van der Waals surface area contributed by atoms with Crippen LogP contribution < -0.4 is 0 Å². The van der Waals surface area contributed by atoms with Gasteiger partial charge in [-0.25, -0.2) is 4.79 Å². The molecule has 3 aliphatic carbocycles. The summed E-state index contributed by atoms with van der Waals surface area (Å²) in [6.07, 6.45) is 2.87. The molecule has 0 amide bonds. The van der Waals surface area contributed by atoms with E-state index >= 15 is 0 Å². The number of cyclic esters (lactones) is 1. The molecule has 7 aliphatic rings. The fourth-order valence-corrected chi connectivity index (χ4v) is 6.82. The van der Waals surface area contributed by atoms with Gasteiger partial charge in [-0.2, -0.15) is 0 Å². The predicted octanol–water partition coefficient (Wildman–Crippen LogP) is 0.969. The van der Waals surface area contributed by atoms with Gasteiger partial charge in [-0.15, -0.1) is 0 Å². The maximum absolute atomic E-state index is 12.6. The maximum atomic E-state index is 12.6. The van der Waals surface area contributed by atoms with Gasteiger partial charge < -0.3 is 14.2 Å². The Bertz CT molecular complexity index is 726. The predicted molar refractivity (Wildman–Crippen MR) is 67.9 cm³/mol. The summed E-state index contributed by atoms with van der Waals surface area (Å²) in [5.41, 5.74) is -1.79. The van der Waals surface area contributed by atoms with Crippen LogP contribution in [0.2, 0.25) is 0 Å². The van der Waals surface area contributed by atoms with Gasteiger partial charge in [-0.3, -0.25) is 4.79 Å². The summed E-state index contributed by atoms with van der Waals surface area (Å²) in [6.45, 7) is 6.47. The molecule has 4 heterocycles. The van der Waals surface area contributed by atoms with Gasteiger partial charge in [0.05, 0.1) is 22.3 Å². The standard InChI is InChI=1S/C16H16O5/c1-12-6-19-11(18)13(12,2)9-7-4-15(9)14(3)8(20-14)5-16(12,15)21-10(7)17/h4,8-9H,5-6H2,1-3H3/t8-,9?,12+,13-,14-,15+,16-/m0/s1. The number of carbonyl (C=O) groups excluding carboxylic acids is 2. The van der Waals surface area contributed by atoms with E-state index in [1.807, 2.05) is 6.92 Å². The normalized spacial score (nSPS) is 67.5. The zero-order valence-corrected chi connectivity index (χ0v) is 12.2. The molecule has 4 bridgehead atoms. The number of hydrogen-bond acceptors (Lipinski definition) is 5. The van der Waals surface area contributed by atoms with Crippen molar-refractivity contribution in [1.82, 2.24) is 0 Å². The van der Waals surface area contributed by atoms with Crippen molar-refractivity contribution < 1.29 is 23.8 Å². The third kappa shape index (κ3) is 0.628. The molecule has 4 aliphatic heterocycles. The summed E-state index contributed by atoms with van der Waals surface area (Å²) >= 11 is 0. The second-order valence-corrected chi connectivity index (χ2v) is 8.15. The van der Waals surface area contributed by atoms with Gasteiger partial charge in [0.15, 0.2) is 0 Å². The Morgan fingerprint density at radius 3 is 2.76 bits per heavy atom. The lowest BCUT2D eigenvalue weighted by Gasteiger charge is -2.58. The molecular weight excluding hydrogens is 272 g/mol. The van der Waals surface area contributed by atoms with Crippen LogP contribution in [0.25, 0.3) is 0 Å². The Morgan fingerprint density at radius 1 is 1.24 bits per heavy atom. The van der Waals surface area contributed by atoms with Crippen molar-refractivity contribution in [3.63, 3.8) is 0 Å². The van der Waals surface area contributed by atoms with Crippen LogP contribution in [0, 0.1) is 22.2 Å². The molecular formula is C16H16O5. The minimum absolute atomic E-state index is 0.122. The second kappa shape index (κ2) is 2.35. The minimum atomic E-state index is -0.691. The fraction of sp³-hybridized carbons (Fsp3) is 0.750. The molecule has 0 aromatic heterocycles. The van der Waals surface area contributed by atoms with Crippen LogP contribution in [-0.2, 0) is 23.8 Å². The van der Waals surface area contributed by atoms with E-state index in [-0.39, 0.29) is 35.0 Å². The third-order valence-corrected chi connectivity index (χ3v) is 8.09. The van der Waals surface area contributed by atoms with Crippen molar-refractivity contribution in [3.05, 3.63) is 11.6 Å². The lowest BCUT2D eigenvalue weighted by Crippen LogP contribution is -2.66. The van der Waals surface area contributed by atoms with E-state index in [9.17, 15) is 9.59 Å². The van der Waals surface area contributed by atoms with E-state index < -0.39 is 16.4 Å². The molecule has 5 heteroatoms. The van der Waals surface area contributed by atoms with E-state index in [4.69, 9.17) is 14.2 Å². The fourth-order valence-electron chi connectivity index (χ4n) is 6.82. The highest BCUT2D eigenvalue weighted by molar-refractivity contribution is 6.00. The van der Waals surface area contributed by atoms with Gasteiger partial charge in [-0.1, -0.05) is 13.0 Å². The quantitative estimate of drug-likeness (QED) is 0.491. The zero-order valence-electron chi connectivity index (χ0n) is 12.2. The highest BCUT2D eigenvalue weighted by Gasteiger charge is 3.00. The SMILES string of the molecule is C[C@@]12COC(=O)[C@]1(C)C1C3=C[C@@]14[C@@]2(C[C@@H]1O[C@@]14C)OC3=O. The Balaban J connectivity index is 1.76. The second-order valence-electron chi connectivity index (χ2n) is 8.15. The molecule has 2 saturated carbocycles. The molecule has 1 spiro atoms. The van der Waals surface area contributed by atoms with E-state index in [1.165, 1.54) is 0 Å². The highest BCUT2D eigenvalue weighted by Crippen LogP contribution is 2.90. The summed E-state index contributed by atoms with van der Waals surface area (Å²) in [7, 11) is 0. The van der Waals surface area contributed by atoms with Crippen molar-refractivity contribution in [2.24, 2.45) is 22.2 Å². The van der Waals surface area contributed by atoms with E-state index in [1.54, 1.807) is 0 Å². The molecule has 3 saturated heterocycles. The molecule has 0 aromatic rings. The van der Waals surface area contributed by atoms with Crippen LogP contribution in [0.1, 0.15) is 27.2 Å². The number of carbonyl (C=O) groups is 2. The smallest absolute Gasteiger partial charge is 0.334 e. The number of epoxide rings is 1. The summed E-state index contributed by atoms with van der Waals surface area (Å²) < 4.78 is 17.4. The molecule has 21 heavy (non-hydrogen) atoms. The highest BCUT2D eigenvalue weighted by atomic mass is 16.6. The number of hydrogen-bond donors (Lipinski definition) is 0. The molecule has 7 atom stereocenters. The Morgan fingerprint density at radius 2 is 2.00 bits per heavy atom. The Hall–Kier alpha value is -1.36. The zero-order chi connectivity index (χ0) is 14.6. The van der Waals surface area contributed by atoms with Gasteiger partial charge in [0, 0.05) is 17.9 Å². The van der Waals surface area contributed by atoms with Crippen LogP contribution in [0.5, 0.6) is 0 Å². The van der Waals surface area contributed by atoms with Crippen molar-refractivity contribution in [3.8, 4) is 0 Å². The topological polar surface area (TPSA) is 65.1 Å². The van der Waals surface area contributed by atoms with Crippen molar-refractivity contribution in [1.29, 1.82) is 0 Å². The van der Waals surface area contributed by atoms with E-state index in [0.717, 1.165) is 0 Å². The molecule has 1 unspecified atom stereocenters.